The molecule has 2 rings (SSSR count). The van der Waals surface area contributed by atoms with Gasteiger partial charge in [0.1, 0.15) is 5.71 Å². The molecule has 0 heterocycles. The Bertz CT molecular complexity index is 509. The van der Waals surface area contributed by atoms with E-state index >= 15 is 0 Å². The lowest BCUT2D eigenvalue weighted by atomic mass is 9.91. The third-order valence-corrected chi connectivity index (χ3v) is 3.43. The van der Waals surface area contributed by atoms with E-state index in [1.165, 1.54) is 30.4 Å². The van der Waals surface area contributed by atoms with Crippen LogP contribution in [0.2, 0.25) is 0 Å². The fraction of sp³-hybridized carbons (Fsp3) is 0.500. The highest BCUT2D eigenvalue weighted by molar-refractivity contribution is 6.35. The van der Waals surface area contributed by atoms with Crippen LogP contribution in [-0.4, -0.2) is 18.3 Å². The van der Waals surface area contributed by atoms with Gasteiger partial charge in [0.25, 0.3) is 0 Å². The summed E-state index contributed by atoms with van der Waals surface area (Å²) in [5, 5.41) is 4.09. The molecule has 1 aliphatic carbocycles. The van der Waals surface area contributed by atoms with Crippen molar-refractivity contribution in [2.24, 2.45) is 5.10 Å². The predicted octanol–water partition coefficient (Wildman–Crippen LogP) is 3.31. The summed E-state index contributed by atoms with van der Waals surface area (Å²) in [6, 6.07) is 6.29. The van der Waals surface area contributed by atoms with Gasteiger partial charge in [0.15, 0.2) is 0 Å². The molecule has 4 nitrogen and oxygen atoms in total. The summed E-state index contributed by atoms with van der Waals surface area (Å²) in [5.74, 6) is -0.364. The topological polar surface area (TPSA) is 50.7 Å². The normalized spacial score (nSPS) is 14.6. The zero-order chi connectivity index (χ0) is 14.4. The highest BCUT2D eigenvalue weighted by Gasteiger charge is 2.10. The fourth-order valence-corrected chi connectivity index (χ4v) is 2.30. The van der Waals surface area contributed by atoms with E-state index in [1.54, 1.807) is 6.92 Å². The second-order valence-electron chi connectivity index (χ2n) is 5.14. The second-order valence-corrected chi connectivity index (χ2v) is 5.14. The van der Waals surface area contributed by atoms with Crippen molar-refractivity contribution >= 4 is 17.4 Å². The van der Waals surface area contributed by atoms with Crippen LogP contribution >= 0.6 is 0 Å². The lowest BCUT2D eigenvalue weighted by Crippen LogP contribution is -2.16. The maximum absolute atomic E-state index is 11.6. The summed E-state index contributed by atoms with van der Waals surface area (Å²) in [7, 11) is 0. The first-order chi connectivity index (χ1) is 9.70. The molecule has 1 aromatic carbocycles. The number of carbonyl (C=O) groups is 1. The van der Waals surface area contributed by atoms with E-state index in [0.717, 1.165) is 18.5 Å². The number of aryl methyl sites for hydroxylation is 2. The number of hydrogen-bond acceptors (Lipinski definition) is 4. The van der Waals surface area contributed by atoms with Gasteiger partial charge in [0.2, 0.25) is 0 Å². The molecule has 1 aromatic rings. The van der Waals surface area contributed by atoms with Crippen molar-refractivity contribution in [2.45, 2.75) is 46.0 Å². The highest BCUT2D eigenvalue weighted by atomic mass is 16.5. The molecule has 0 fully saturated rings. The van der Waals surface area contributed by atoms with Gasteiger partial charge in [-0.25, -0.2) is 4.79 Å². The number of ether oxygens (including phenoxy) is 1. The molecule has 108 valence electrons. The van der Waals surface area contributed by atoms with Crippen LogP contribution in [0.4, 0.5) is 5.69 Å². The number of esters is 1. The van der Waals surface area contributed by atoms with Gasteiger partial charge in [-0.2, -0.15) is 5.10 Å². The number of carbonyl (C=O) groups excluding carboxylic acids is 1. The van der Waals surface area contributed by atoms with Gasteiger partial charge in [-0.1, -0.05) is 13.0 Å². The zero-order valence-electron chi connectivity index (χ0n) is 12.2. The first-order valence-electron chi connectivity index (χ1n) is 7.30. The first kappa shape index (κ1) is 14.6. The molecule has 20 heavy (non-hydrogen) atoms. The molecule has 0 aromatic heterocycles. The molecule has 0 saturated carbocycles. The third kappa shape index (κ3) is 3.83. The average molecular weight is 274 g/mol. The van der Waals surface area contributed by atoms with Crippen molar-refractivity contribution in [1.29, 1.82) is 0 Å². The molecule has 1 aliphatic rings. The van der Waals surface area contributed by atoms with Crippen LogP contribution < -0.4 is 5.43 Å². The monoisotopic (exact) mass is 274 g/mol. The van der Waals surface area contributed by atoms with Crippen molar-refractivity contribution in [3.05, 3.63) is 29.3 Å². The van der Waals surface area contributed by atoms with Gasteiger partial charge in [0.05, 0.1) is 12.3 Å². The van der Waals surface area contributed by atoms with Crippen LogP contribution in [0.15, 0.2) is 23.3 Å². The van der Waals surface area contributed by atoms with Crippen LogP contribution in [0.3, 0.4) is 0 Å². The Labute approximate surface area is 120 Å². The number of hydrogen-bond donors (Lipinski definition) is 1. The Balaban J connectivity index is 1.97. The molecule has 0 spiro atoms. The zero-order valence-corrected chi connectivity index (χ0v) is 12.2. The summed E-state index contributed by atoms with van der Waals surface area (Å²) in [4.78, 5) is 11.6. The third-order valence-electron chi connectivity index (χ3n) is 3.43. The van der Waals surface area contributed by atoms with Crippen LogP contribution in [-0.2, 0) is 22.4 Å². The van der Waals surface area contributed by atoms with Crippen molar-refractivity contribution in [3.63, 3.8) is 0 Å². The van der Waals surface area contributed by atoms with E-state index < -0.39 is 0 Å². The maximum Gasteiger partial charge on any atom is 0.354 e. The average Bonchev–Trinajstić information content (AvgIpc) is 2.50. The lowest BCUT2D eigenvalue weighted by Gasteiger charge is -2.16. The molecule has 1 N–H and O–H groups in total. The second kappa shape index (κ2) is 7.08. The van der Waals surface area contributed by atoms with E-state index in [4.69, 9.17) is 4.74 Å². The molecular weight excluding hydrogens is 252 g/mol. The first-order valence-corrected chi connectivity index (χ1v) is 7.30. The number of rotatable bonds is 5. The van der Waals surface area contributed by atoms with Gasteiger partial charge in [-0.05, 0) is 62.3 Å². The van der Waals surface area contributed by atoms with Crippen LogP contribution in [0, 0.1) is 0 Å². The Morgan fingerprint density at radius 2 is 2.05 bits per heavy atom. The number of nitrogens with one attached hydrogen (secondary N) is 1. The minimum atomic E-state index is -0.364. The van der Waals surface area contributed by atoms with Gasteiger partial charge in [0, 0.05) is 0 Å². The molecule has 0 unspecified atom stereocenters. The highest BCUT2D eigenvalue weighted by Crippen LogP contribution is 2.24. The molecule has 4 heteroatoms. The van der Waals surface area contributed by atoms with E-state index in [-0.39, 0.29) is 5.97 Å². The maximum atomic E-state index is 11.6. The summed E-state index contributed by atoms with van der Waals surface area (Å²) in [6.07, 6.45) is 5.65. The minimum Gasteiger partial charge on any atom is -0.461 e. The Hall–Kier alpha value is -1.84. The van der Waals surface area contributed by atoms with E-state index in [0.29, 0.717) is 12.3 Å². The van der Waals surface area contributed by atoms with Gasteiger partial charge in [-0.3, -0.25) is 5.43 Å². The van der Waals surface area contributed by atoms with E-state index in [1.807, 2.05) is 13.0 Å². The van der Waals surface area contributed by atoms with Crippen LogP contribution in [0.25, 0.3) is 0 Å². The summed E-state index contributed by atoms with van der Waals surface area (Å²) in [6.45, 7) is 4.05. The Morgan fingerprint density at radius 3 is 2.80 bits per heavy atom. The van der Waals surface area contributed by atoms with Crippen molar-refractivity contribution in [2.75, 3.05) is 12.0 Å². The molecule has 0 bridgehead atoms. The Kier molecular flexibility index (Phi) is 5.16. The van der Waals surface area contributed by atoms with Crippen LogP contribution in [0.1, 0.15) is 44.2 Å². The van der Waals surface area contributed by atoms with Crippen molar-refractivity contribution in [1.82, 2.24) is 0 Å². The number of hydrazone groups is 1. The summed E-state index contributed by atoms with van der Waals surface area (Å²) < 4.78 is 5.02. The number of nitrogens with zero attached hydrogens (tertiary/aromatic N) is 1. The number of anilines is 1. The van der Waals surface area contributed by atoms with Gasteiger partial charge < -0.3 is 4.74 Å². The molecule has 0 atom stereocenters. The lowest BCUT2D eigenvalue weighted by molar-refractivity contribution is -0.135. The van der Waals surface area contributed by atoms with Gasteiger partial charge in [-0.15, -0.1) is 0 Å². The van der Waals surface area contributed by atoms with Crippen LogP contribution in [0.5, 0.6) is 0 Å². The fourth-order valence-electron chi connectivity index (χ4n) is 2.30. The molecule has 0 radical (unpaired) electrons. The van der Waals surface area contributed by atoms with E-state index in [2.05, 4.69) is 22.7 Å². The van der Waals surface area contributed by atoms with Crippen molar-refractivity contribution in [3.8, 4) is 0 Å². The molecular formula is C16H22N2O2. The molecule has 0 saturated heterocycles. The SMILES string of the molecule is CCCOC(=O)/C(C)=N\Nc1ccc2c(c1)CCCC2. The standard InChI is InChI=1S/C16H22N2O2/c1-3-10-20-16(19)12(2)17-18-15-9-8-13-6-4-5-7-14(13)11-15/h8-9,11,18H,3-7,10H2,1-2H3/b17-12-. The Morgan fingerprint density at radius 1 is 1.30 bits per heavy atom. The van der Waals surface area contributed by atoms with Crippen molar-refractivity contribution < 1.29 is 9.53 Å². The molecule has 0 amide bonds. The van der Waals surface area contributed by atoms with Gasteiger partial charge >= 0.3 is 5.97 Å². The number of benzene rings is 1. The molecule has 0 aliphatic heterocycles. The quantitative estimate of drug-likeness (QED) is 0.509. The van der Waals surface area contributed by atoms with E-state index in [9.17, 15) is 4.79 Å². The largest absolute Gasteiger partial charge is 0.461 e. The smallest absolute Gasteiger partial charge is 0.354 e. The minimum absolute atomic E-state index is 0.344. The number of fused-ring (bicyclic) bond motifs is 1. The predicted molar refractivity (Wildman–Crippen MR) is 81.1 cm³/mol. The summed E-state index contributed by atoms with van der Waals surface area (Å²) >= 11 is 0. The summed E-state index contributed by atoms with van der Waals surface area (Å²) in [5.41, 5.74) is 7.03.